The summed E-state index contributed by atoms with van der Waals surface area (Å²) in [7, 11) is 0. The second kappa shape index (κ2) is 11.0. The van der Waals surface area contributed by atoms with Crippen LogP contribution < -0.4 is 5.73 Å². The van der Waals surface area contributed by atoms with Gasteiger partial charge in [-0.05, 0) is 30.9 Å². The third-order valence-corrected chi connectivity index (χ3v) is 4.10. The van der Waals surface area contributed by atoms with Gasteiger partial charge < -0.3 is 10.3 Å². The maximum atomic E-state index is 5.99. The van der Waals surface area contributed by atoms with Gasteiger partial charge >= 0.3 is 0 Å². The molecule has 0 spiro atoms. The van der Waals surface area contributed by atoms with Crippen LogP contribution >= 0.6 is 0 Å². The first-order valence-electron chi connectivity index (χ1n) is 8.66. The van der Waals surface area contributed by atoms with Crippen LogP contribution in [-0.4, -0.2) is 10.6 Å². The van der Waals surface area contributed by atoms with Gasteiger partial charge in [-0.15, -0.1) is 0 Å². The quantitative estimate of drug-likeness (QED) is 0.541. The highest BCUT2D eigenvalue weighted by molar-refractivity contribution is 5.11. The molecule has 0 fully saturated rings. The zero-order valence-corrected chi connectivity index (χ0v) is 13.6. The predicted octanol–water partition coefficient (Wildman–Crippen LogP) is 4.91. The number of hydrogen-bond acceptors (Lipinski definition) is 1. The Morgan fingerprint density at radius 3 is 2.30 bits per heavy atom. The van der Waals surface area contributed by atoms with Crippen molar-refractivity contribution in [2.24, 2.45) is 5.73 Å². The van der Waals surface area contributed by atoms with E-state index in [1.165, 1.54) is 56.9 Å². The molecule has 1 aromatic rings. The summed E-state index contributed by atoms with van der Waals surface area (Å²) in [5.74, 6) is 0. The lowest BCUT2D eigenvalue weighted by atomic mass is 10.1. The van der Waals surface area contributed by atoms with Crippen LogP contribution in [0.3, 0.4) is 0 Å². The van der Waals surface area contributed by atoms with Crippen molar-refractivity contribution in [1.82, 2.24) is 4.57 Å². The first-order chi connectivity index (χ1) is 9.76. The first-order valence-corrected chi connectivity index (χ1v) is 8.66. The van der Waals surface area contributed by atoms with Crippen molar-refractivity contribution >= 4 is 0 Å². The molecule has 1 atom stereocenters. The fourth-order valence-corrected chi connectivity index (χ4v) is 2.63. The van der Waals surface area contributed by atoms with E-state index in [0.29, 0.717) is 6.04 Å². The molecule has 1 unspecified atom stereocenters. The van der Waals surface area contributed by atoms with Crippen LogP contribution in [0.5, 0.6) is 0 Å². The molecule has 0 amide bonds. The molecule has 1 heterocycles. The maximum absolute atomic E-state index is 5.99. The van der Waals surface area contributed by atoms with Crippen LogP contribution in [0.25, 0.3) is 0 Å². The molecule has 1 rings (SSSR count). The SMILES string of the molecule is CCCCCCCCCCn1ccc(CC(N)CC)c1. The smallest absolute Gasteiger partial charge is 0.0219 e. The van der Waals surface area contributed by atoms with Gasteiger partial charge in [0.05, 0.1) is 0 Å². The van der Waals surface area contributed by atoms with Gasteiger partial charge in [0.1, 0.15) is 0 Å². The highest BCUT2D eigenvalue weighted by Crippen LogP contribution is 2.10. The lowest BCUT2D eigenvalue weighted by molar-refractivity contribution is 0.544. The van der Waals surface area contributed by atoms with E-state index in [2.05, 4.69) is 36.9 Å². The molecule has 0 bridgehead atoms. The summed E-state index contributed by atoms with van der Waals surface area (Å²) < 4.78 is 2.33. The van der Waals surface area contributed by atoms with Crippen LogP contribution in [-0.2, 0) is 13.0 Å². The van der Waals surface area contributed by atoms with E-state index < -0.39 is 0 Å². The molecule has 116 valence electrons. The molecule has 0 aliphatic carbocycles. The van der Waals surface area contributed by atoms with Gasteiger partial charge in [-0.25, -0.2) is 0 Å². The van der Waals surface area contributed by atoms with Crippen molar-refractivity contribution in [2.45, 2.75) is 90.6 Å². The molecule has 0 saturated carbocycles. The van der Waals surface area contributed by atoms with Crippen molar-refractivity contribution in [3.05, 3.63) is 24.0 Å². The Bertz CT molecular complexity index is 330. The minimum Gasteiger partial charge on any atom is -0.354 e. The second-order valence-electron chi connectivity index (χ2n) is 6.10. The average Bonchev–Trinajstić information content (AvgIpc) is 2.89. The highest BCUT2D eigenvalue weighted by atomic mass is 14.9. The molecule has 0 aliphatic heterocycles. The van der Waals surface area contributed by atoms with Crippen molar-refractivity contribution in [3.63, 3.8) is 0 Å². The summed E-state index contributed by atoms with van der Waals surface area (Å²) in [5.41, 5.74) is 7.38. The van der Waals surface area contributed by atoms with E-state index in [9.17, 15) is 0 Å². The Hall–Kier alpha value is -0.760. The number of rotatable bonds is 12. The van der Waals surface area contributed by atoms with E-state index in [1.54, 1.807) is 0 Å². The zero-order chi connectivity index (χ0) is 14.6. The lowest BCUT2D eigenvalue weighted by Gasteiger charge is -2.06. The van der Waals surface area contributed by atoms with Crippen LogP contribution in [0, 0.1) is 0 Å². The van der Waals surface area contributed by atoms with Gasteiger partial charge in [0, 0.05) is 25.0 Å². The first kappa shape index (κ1) is 17.3. The maximum Gasteiger partial charge on any atom is 0.0219 e. The van der Waals surface area contributed by atoms with Crippen LogP contribution in [0.1, 0.15) is 77.2 Å². The van der Waals surface area contributed by atoms with Crippen molar-refractivity contribution in [3.8, 4) is 0 Å². The van der Waals surface area contributed by atoms with Gasteiger partial charge in [0.15, 0.2) is 0 Å². The Kier molecular flexibility index (Phi) is 9.48. The van der Waals surface area contributed by atoms with Crippen LogP contribution in [0.2, 0.25) is 0 Å². The second-order valence-corrected chi connectivity index (χ2v) is 6.10. The number of aromatic nitrogens is 1. The van der Waals surface area contributed by atoms with E-state index in [-0.39, 0.29) is 0 Å². The van der Waals surface area contributed by atoms with Crippen molar-refractivity contribution in [1.29, 1.82) is 0 Å². The third-order valence-electron chi connectivity index (χ3n) is 4.10. The van der Waals surface area contributed by atoms with E-state index >= 15 is 0 Å². The largest absolute Gasteiger partial charge is 0.354 e. The van der Waals surface area contributed by atoms with E-state index in [0.717, 1.165) is 19.4 Å². The third kappa shape index (κ3) is 7.74. The van der Waals surface area contributed by atoms with Gasteiger partial charge in [0.25, 0.3) is 0 Å². The summed E-state index contributed by atoms with van der Waals surface area (Å²) >= 11 is 0. The number of hydrogen-bond donors (Lipinski definition) is 1. The Labute approximate surface area is 125 Å². The minimum absolute atomic E-state index is 0.314. The van der Waals surface area contributed by atoms with Gasteiger partial charge in [0.2, 0.25) is 0 Å². The monoisotopic (exact) mass is 278 g/mol. The number of nitrogens with zero attached hydrogens (tertiary/aromatic N) is 1. The van der Waals surface area contributed by atoms with Gasteiger partial charge in [-0.1, -0.05) is 58.8 Å². The summed E-state index contributed by atoms with van der Waals surface area (Å²) in [6.45, 7) is 5.59. The Morgan fingerprint density at radius 1 is 1.00 bits per heavy atom. The minimum atomic E-state index is 0.314. The molecule has 0 saturated heterocycles. The fourth-order valence-electron chi connectivity index (χ4n) is 2.63. The van der Waals surface area contributed by atoms with Crippen molar-refractivity contribution in [2.75, 3.05) is 0 Å². The molecule has 0 aromatic carbocycles. The fraction of sp³-hybridized carbons (Fsp3) is 0.778. The molecular weight excluding hydrogens is 244 g/mol. The topological polar surface area (TPSA) is 30.9 Å². The summed E-state index contributed by atoms with van der Waals surface area (Å²) in [4.78, 5) is 0. The van der Waals surface area contributed by atoms with Gasteiger partial charge in [-0.3, -0.25) is 0 Å². The standard InChI is InChI=1S/C18H34N2/c1-3-5-6-7-8-9-10-11-13-20-14-12-17(16-20)15-18(19)4-2/h12,14,16,18H,3-11,13,15,19H2,1-2H3. The predicted molar refractivity (Wildman–Crippen MR) is 89.0 cm³/mol. The van der Waals surface area contributed by atoms with Gasteiger partial charge in [-0.2, -0.15) is 0 Å². The molecule has 2 nitrogen and oxygen atoms in total. The van der Waals surface area contributed by atoms with Crippen LogP contribution in [0.4, 0.5) is 0 Å². The molecule has 2 heteroatoms. The van der Waals surface area contributed by atoms with E-state index in [4.69, 9.17) is 5.73 Å². The number of unbranched alkanes of at least 4 members (excludes halogenated alkanes) is 7. The molecular formula is C18H34N2. The molecule has 20 heavy (non-hydrogen) atoms. The Balaban J connectivity index is 2.04. The zero-order valence-electron chi connectivity index (χ0n) is 13.6. The van der Waals surface area contributed by atoms with Crippen LogP contribution in [0.15, 0.2) is 18.5 Å². The normalized spacial score (nSPS) is 12.8. The highest BCUT2D eigenvalue weighted by Gasteiger charge is 2.03. The number of nitrogens with two attached hydrogens (primary N) is 1. The van der Waals surface area contributed by atoms with Crippen molar-refractivity contribution < 1.29 is 0 Å². The molecule has 1 aromatic heterocycles. The average molecular weight is 278 g/mol. The molecule has 0 radical (unpaired) electrons. The Morgan fingerprint density at radius 2 is 1.65 bits per heavy atom. The molecule has 0 aliphatic rings. The summed E-state index contributed by atoms with van der Waals surface area (Å²) in [6.07, 6.45) is 17.7. The summed E-state index contributed by atoms with van der Waals surface area (Å²) in [6, 6.07) is 2.54. The lowest BCUT2D eigenvalue weighted by Crippen LogP contribution is -2.21. The van der Waals surface area contributed by atoms with E-state index in [1.807, 2.05) is 0 Å². The summed E-state index contributed by atoms with van der Waals surface area (Å²) in [5, 5.41) is 0. The molecule has 2 N–H and O–H groups in total. The number of aryl methyl sites for hydroxylation is 1.